The molecular formula is C14H26N2. The minimum absolute atomic E-state index is 0.276. The number of hydrogen-bond donors (Lipinski definition) is 0. The third-order valence-corrected chi connectivity index (χ3v) is 4.01. The van der Waals surface area contributed by atoms with E-state index < -0.39 is 0 Å². The van der Waals surface area contributed by atoms with Crippen molar-refractivity contribution in [1.82, 2.24) is 4.90 Å². The molecule has 92 valence electrons. The highest BCUT2D eigenvalue weighted by Crippen LogP contribution is 2.28. The van der Waals surface area contributed by atoms with Crippen molar-refractivity contribution in [2.45, 2.75) is 58.9 Å². The van der Waals surface area contributed by atoms with Crippen LogP contribution >= 0.6 is 0 Å². The fourth-order valence-corrected chi connectivity index (χ4v) is 2.73. The average molecular weight is 222 g/mol. The molecule has 0 aromatic carbocycles. The van der Waals surface area contributed by atoms with Crippen molar-refractivity contribution in [3.8, 4) is 6.07 Å². The van der Waals surface area contributed by atoms with E-state index >= 15 is 0 Å². The van der Waals surface area contributed by atoms with Gasteiger partial charge in [0, 0.05) is 12.6 Å². The minimum Gasteiger partial charge on any atom is -0.299 e. The maximum Gasteiger partial charge on any atom is 0.0672 e. The van der Waals surface area contributed by atoms with Gasteiger partial charge in [0.25, 0.3) is 0 Å². The second-order valence-electron chi connectivity index (χ2n) is 5.19. The molecule has 0 spiro atoms. The molecule has 16 heavy (non-hydrogen) atoms. The van der Waals surface area contributed by atoms with Crippen LogP contribution in [0.2, 0.25) is 0 Å². The molecule has 2 heteroatoms. The lowest BCUT2D eigenvalue weighted by molar-refractivity contribution is 0.116. The Labute approximate surface area is 101 Å². The van der Waals surface area contributed by atoms with Crippen LogP contribution in [-0.2, 0) is 0 Å². The van der Waals surface area contributed by atoms with Gasteiger partial charge < -0.3 is 0 Å². The van der Waals surface area contributed by atoms with Crippen LogP contribution in [0.5, 0.6) is 0 Å². The molecule has 0 heterocycles. The Hall–Kier alpha value is -0.550. The van der Waals surface area contributed by atoms with Gasteiger partial charge in [-0.15, -0.1) is 0 Å². The molecule has 0 N–H and O–H groups in total. The highest BCUT2D eigenvalue weighted by atomic mass is 15.2. The van der Waals surface area contributed by atoms with E-state index in [9.17, 15) is 5.26 Å². The van der Waals surface area contributed by atoms with Gasteiger partial charge in [-0.2, -0.15) is 5.26 Å². The van der Waals surface area contributed by atoms with E-state index in [2.05, 4.69) is 31.7 Å². The number of hydrogen-bond acceptors (Lipinski definition) is 2. The maximum absolute atomic E-state index is 9.22. The summed E-state index contributed by atoms with van der Waals surface area (Å²) in [6.45, 7) is 9.04. The Morgan fingerprint density at radius 3 is 2.56 bits per heavy atom. The summed E-state index contributed by atoms with van der Waals surface area (Å²) in [5.41, 5.74) is 0. The third kappa shape index (κ3) is 3.49. The molecule has 0 saturated heterocycles. The van der Waals surface area contributed by atoms with Gasteiger partial charge in [-0.25, -0.2) is 0 Å². The summed E-state index contributed by atoms with van der Waals surface area (Å²) in [7, 11) is 0. The summed E-state index contributed by atoms with van der Waals surface area (Å²) in [6.07, 6.45) is 6.12. The van der Waals surface area contributed by atoms with Gasteiger partial charge in [0.05, 0.1) is 12.0 Å². The fraction of sp³-hybridized carbons (Fsp3) is 0.929. The van der Waals surface area contributed by atoms with Crippen LogP contribution in [0.15, 0.2) is 0 Å². The van der Waals surface area contributed by atoms with Crippen molar-refractivity contribution in [2.24, 2.45) is 11.8 Å². The summed E-state index contributed by atoms with van der Waals surface area (Å²) in [5, 5.41) is 9.22. The van der Waals surface area contributed by atoms with E-state index in [0.29, 0.717) is 6.04 Å². The molecule has 0 amide bonds. The first-order valence-corrected chi connectivity index (χ1v) is 6.86. The average Bonchev–Trinajstić information content (AvgIpc) is 2.35. The van der Waals surface area contributed by atoms with Crippen molar-refractivity contribution in [3.63, 3.8) is 0 Å². The standard InChI is InChI=1S/C14H26N2/c1-4-12(3)11-16(5-2)14-9-7-6-8-13(14)10-15/h12-14H,4-9,11H2,1-3H3. The number of nitriles is 1. The molecule has 0 aromatic rings. The van der Waals surface area contributed by atoms with E-state index in [-0.39, 0.29) is 5.92 Å². The Morgan fingerprint density at radius 1 is 1.31 bits per heavy atom. The molecule has 3 unspecified atom stereocenters. The van der Waals surface area contributed by atoms with Gasteiger partial charge >= 0.3 is 0 Å². The zero-order valence-electron chi connectivity index (χ0n) is 11.1. The number of nitrogens with zero attached hydrogens (tertiary/aromatic N) is 2. The molecule has 0 radical (unpaired) electrons. The van der Waals surface area contributed by atoms with Gasteiger partial charge in [-0.1, -0.05) is 40.0 Å². The quantitative estimate of drug-likeness (QED) is 0.712. The minimum atomic E-state index is 0.276. The first-order valence-electron chi connectivity index (χ1n) is 6.86. The lowest BCUT2D eigenvalue weighted by atomic mass is 9.84. The van der Waals surface area contributed by atoms with Crippen molar-refractivity contribution >= 4 is 0 Å². The normalized spacial score (nSPS) is 27.7. The Balaban J connectivity index is 2.59. The molecule has 0 aromatic heterocycles. The van der Waals surface area contributed by atoms with E-state index in [0.717, 1.165) is 25.4 Å². The predicted molar refractivity (Wildman–Crippen MR) is 68.1 cm³/mol. The highest BCUT2D eigenvalue weighted by molar-refractivity contribution is 4.95. The van der Waals surface area contributed by atoms with Crippen LogP contribution < -0.4 is 0 Å². The monoisotopic (exact) mass is 222 g/mol. The molecule has 1 saturated carbocycles. The lowest BCUT2D eigenvalue weighted by Gasteiger charge is -2.37. The van der Waals surface area contributed by atoms with Crippen LogP contribution in [0, 0.1) is 23.2 Å². The van der Waals surface area contributed by atoms with Gasteiger partial charge in [-0.05, 0) is 25.3 Å². The van der Waals surface area contributed by atoms with E-state index in [1.54, 1.807) is 0 Å². The molecular weight excluding hydrogens is 196 g/mol. The highest BCUT2D eigenvalue weighted by Gasteiger charge is 2.29. The molecule has 2 nitrogen and oxygen atoms in total. The van der Waals surface area contributed by atoms with Gasteiger partial charge in [0.1, 0.15) is 0 Å². The molecule has 1 aliphatic rings. The first kappa shape index (κ1) is 13.5. The van der Waals surface area contributed by atoms with Crippen LogP contribution in [0.4, 0.5) is 0 Å². The molecule has 1 aliphatic carbocycles. The molecule has 1 fully saturated rings. The van der Waals surface area contributed by atoms with Crippen molar-refractivity contribution in [2.75, 3.05) is 13.1 Å². The van der Waals surface area contributed by atoms with Gasteiger partial charge in [0.2, 0.25) is 0 Å². The summed E-state index contributed by atoms with van der Waals surface area (Å²) in [5.74, 6) is 1.03. The predicted octanol–water partition coefficient (Wildman–Crippen LogP) is 3.44. The fourth-order valence-electron chi connectivity index (χ4n) is 2.73. The Morgan fingerprint density at radius 2 is 2.00 bits per heavy atom. The van der Waals surface area contributed by atoms with Crippen molar-refractivity contribution in [1.29, 1.82) is 5.26 Å². The second-order valence-corrected chi connectivity index (χ2v) is 5.19. The summed E-state index contributed by atoms with van der Waals surface area (Å²) >= 11 is 0. The zero-order chi connectivity index (χ0) is 12.0. The van der Waals surface area contributed by atoms with Crippen LogP contribution in [-0.4, -0.2) is 24.0 Å². The van der Waals surface area contributed by atoms with E-state index in [4.69, 9.17) is 0 Å². The van der Waals surface area contributed by atoms with Crippen molar-refractivity contribution < 1.29 is 0 Å². The van der Waals surface area contributed by atoms with Gasteiger partial charge in [0.15, 0.2) is 0 Å². The van der Waals surface area contributed by atoms with Gasteiger partial charge in [-0.3, -0.25) is 4.90 Å². The van der Waals surface area contributed by atoms with Crippen molar-refractivity contribution in [3.05, 3.63) is 0 Å². The lowest BCUT2D eigenvalue weighted by Crippen LogP contribution is -2.43. The first-order chi connectivity index (χ1) is 7.72. The zero-order valence-corrected chi connectivity index (χ0v) is 11.1. The van der Waals surface area contributed by atoms with Crippen LogP contribution in [0.25, 0.3) is 0 Å². The summed E-state index contributed by atoms with van der Waals surface area (Å²) < 4.78 is 0. The van der Waals surface area contributed by atoms with E-state index in [1.165, 1.54) is 25.7 Å². The third-order valence-electron chi connectivity index (χ3n) is 4.01. The molecule has 0 aliphatic heterocycles. The maximum atomic E-state index is 9.22. The van der Waals surface area contributed by atoms with Crippen LogP contribution in [0.3, 0.4) is 0 Å². The summed E-state index contributed by atoms with van der Waals surface area (Å²) in [6, 6.07) is 3.04. The summed E-state index contributed by atoms with van der Waals surface area (Å²) in [4.78, 5) is 2.54. The topological polar surface area (TPSA) is 27.0 Å². The Kier molecular flexibility index (Phi) is 5.84. The largest absolute Gasteiger partial charge is 0.299 e. The van der Waals surface area contributed by atoms with Crippen LogP contribution in [0.1, 0.15) is 52.9 Å². The number of rotatable bonds is 5. The second kappa shape index (κ2) is 6.91. The smallest absolute Gasteiger partial charge is 0.0672 e. The van der Waals surface area contributed by atoms with E-state index in [1.807, 2.05) is 0 Å². The molecule has 0 bridgehead atoms. The SMILES string of the molecule is CCC(C)CN(CC)C1CCCCC1C#N. The Bertz CT molecular complexity index is 231. The molecule has 3 atom stereocenters. The molecule has 1 rings (SSSR count).